The van der Waals surface area contributed by atoms with Crippen molar-refractivity contribution in [1.29, 1.82) is 0 Å². The Hall–Kier alpha value is -1.85. The van der Waals surface area contributed by atoms with Crippen LogP contribution in [-0.2, 0) is 4.79 Å². The number of aromatic nitrogens is 1. The highest BCUT2D eigenvalue weighted by Crippen LogP contribution is 2.40. The number of allylic oxidation sites excluding steroid dienone is 1. The molecule has 5 heteroatoms. The van der Waals surface area contributed by atoms with Gasteiger partial charge in [-0.15, -0.1) is 0 Å². The van der Waals surface area contributed by atoms with Crippen LogP contribution in [-0.4, -0.2) is 16.6 Å². The Morgan fingerprint density at radius 1 is 1.00 bits per heavy atom. The van der Waals surface area contributed by atoms with Crippen LogP contribution >= 0.6 is 23.5 Å². The van der Waals surface area contributed by atoms with E-state index in [0.29, 0.717) is 5.69 Å². The number of thioether (sulfide) groups is 2. The van der Waals surface area contributed by atoms with Crippen molar-refractivity contribution < 1.29 is 9.59 Å². The van der Waals surface area contributed by atoms with Crippen molar-refractivity contribution in [1.82, 2.24) is 4.98 Å². The summed E-state index contributed by atoms with van der Waals surface area (Å²) in [5.74, 6) is -0.541. The SMILES string of the molecule is CC(=O)C(C(=O)c1ccc2ccccc2n1)=C1SC=CS1. The lowest BCUT2D eigenvalue weighted by Crippen LogP contribution is -2.13. The Bertz CT molecular complexity index is 799. The van der Waals surface area contributed by atoms with Crippen LogP contribution < -0.4 is 0 Å². The molecule has 1 aliphatic heterocycles. The minimum atomic E-state index is -0.313. The van der Waals surface area contributed by atoms with E-state index < -0.39 is 0 Å². The predicted molar refractivity (Wildman–Crippen MR) is 88.1 cm³/mol. The first-order valence-corrected chi connectivity index (χ1v) is 8.07. The van der Waals surface area contributed by atoms with Crippen LogP contribution in [0.25, 0.3) is 10.9 Å². The number of carbonyl (C=O) groups excluding carboxylic acids is 2. The van der Waals surface area contributed by atoms with E-state index in [9.17, 15) is 9.59 Å². The van der Waals surface area contributed by atoms with Crippen molar-refractivity contribution in [3.05, 3.63) is 62.7 Å². The van der Waals surface area contributed by atoms with Gasteiger partial charge in [0.1, 0.15) is 5.69 Å². The molecule has 0 atom stereocenters. The number of ketones is 2. The second-order valence-electron chi connectivity index (χ2n) is 4.44. The van der Waals surface area contributed by atoms with Gasteiger partial charge in [0.15, 0.2) is 5.78 Å². The van der Waals surface area contributed by atoms with Crippen molar-refractivity contribution in [3.63, 3.8) is 0 Å². The number of Topliss-reactive ketones (excluding diaryl/α,β-unsaturated/α-hetero) is 2. The van der Waals surface area contributed by atoms with Gasteiger partial charge in [-0.1, -0.05) is 47.8 Å². The lowest BCUT2D eigenvalue weighted by atomic mass is 10.1. The molecule has 21 heavy (non-hydrogen) atoms. The van der Waals surface area contributed by atoms with Crippen LogP contribution in [0.4, 0.5) is 0 Å². The van der Waals surface area contributed by atoms with Gasteiger partial charge in [0.05, 0.1) is 15.3 Å². The lowest BCUT2D eigenvalue weighted by molar-refractivity contribution is -0.113. The summed E-state index contributed by atoms with van der Waals surface area (Å²) in [6, 6.07) is 11.1. The Balaban J connectivity index is 2.06. The number of hydrogen-bond donors (Lipinski definition) is 0. The van der Waals surface area contributed by atoms with E-state index in [2.05, 4.69) is 4.98 Å². The topological polar surface area (TPSA) is 47.0 Å². The highest BCUT2D eigenvalue weighted by atomic mass is 32.2. The summed E-state index contributed by atoms with van der Waals surface area (Å²) in [4.78, 5) is 28.8. The van der Waals surface area contributed by atoms with Gasteiger partial charge in [0.25, 0.3) is 0 Å². The Labute approximate surface area is 130 Å². The molecule has 1 aliphatic rings. The fourth-order valence-electron chi connectivity index (χ4n) is 2.04. The number of rotatable bonds is 3. The third-order valence-corrected chi connectivity index (χ3v) is 5.15. The molecule has 3 nitrogen and oxygen atoms in total. The van der Waals surface area contributed by atoms with Crippen LogP contribution in [0.15, 0.2) is 57.0 Å². The zero-order chi connectivity index (χ0) is 14.8. The fourth-order valence-corrected chi connectivity index (χ4v) is 4.00. The Morgan fingerprint density at radius 3 is 2.43 bits per heavy atom. The van der Waals surface area contributed by atoms with Crippen LogP contribution in [0.1, 0.15) is 17.4 Å². The number of pyridine rings is 1. The van der Waals surface area contributed by atoms with Gasteiger partial charge in [0, 0.05) is 5.39 Å². The average Bonchev–Trinajstić information content (AvgIpc) is 3.00. The van der Waals surface area contributed by atoms with Gasteiger partial charge >= 0.3 is 0 Å². The third kappa shape index (κ3) is 2.80. The molecule has 0 saturated carbocycles. The third-order valence-electron chi connectivity index (χ3n) is 3.02. The first kappa shape index (κ1) is 14.1. The minimum Gasteiger partial charge on any atom is -0.294 e. The van der Waals surface area contributed by atoms with Crippen molar-refractivity contribution in [2.75, 3.05) is 0 Å². The molecule has 1 aromatic heterocycles. The predicted octanol–water partition coefficient (Wildman–Crippen LogP) is 4.17. The monoisotopic (exact) mass is 313 g/mol. The van der Waals surface area contributed by atoms with Crippen LogP contribution in [0.3, 0.4) is 0 Å². The second-order valence-corrected chi connectivity index (χ2v) is 6.54. The van der Waals surface area contributed by atoms with E-state index in [1.165, 1.54) is 30.4 Å². The summed E-state index contributed by atoms with van der Waals surface area (Å²) >= 11 is 2.80. The number of fused-ring (bicyclic) bond motifs is 1. The maximum atomic E-state index is 12.6. The summed E-state index contributed by atoms with van der Waals surface area (Å²) in [5, 5.41) is 4.70. The number of benzene rings is 1. The lowest BCUT2D eigenvalue weighted by Gasteiger charge is -2.06. The average molecular weight is 313 g/mol. The van der Waals surface area contributed by atoms with Gasteiger partial charge in [-0.3, -0.25) is 9.59 Å². The van der Waals surface area contributed by atoms with E-state index in [0.717, 1.165) is 15.1 Å². The largest absolute Gasteiger partial charge is 0.294 e. The summed E-state index contributed by atoms with van der Waals surface area (Å²) in [6.07, 6.45) is 0. The van der Waals surface area contributed by atoms with E-state index in [1.54, 1.807) is 6.07 Å². The van der Waals surface area contributed by atoms with Crippen molar-refractivity contribution in [2.24, 2.45) is 0 Å². The minimum absolute atomic E-state index is 0.220. The molecular formula is C16H11NO2S2. The molecule has 2 aromatic rings. The van der Waals surface area contributed by atoms with Gasteiger partial charge in [0.2, 0.25) is 5.78 Å². The van der Waals surface area contributed by atoms with E-state index >= 15 is 0 Å². The Kier molecular flexibility index (Phi) is 3.94. The summed E-state index contributed by atoms with van der Waals surface area (Å²) in [7, 11) is 0. The van der Waals surface area contributed by atoms with Gasteiger partial charge in [-0.25, -0.2) is 4.98 Å². The number of carbonyl (C=O) groups is 2. The molecule has 0 aliphatic carbocycles. The maximum absolute atomic E-state index is 12.6. The van der Waals surface area contributed by atoms with E-state index in [-0.39, 0.29) is 17.1 Å². The van der Waals surface area contributed by atoms with Gasteiger partial charge in [-0.2, -0.15) is 0 Å². The quantitative estimate of drug-likeness (QED) is 0.368. The number of hydrogen-bond acceptors (Lipinski definition) is 5. The molecule has 0 saturated heterocycles. The van der Waals surface area contributed by atoms with Crippen molar-refractivity contribution in [2.45, 2.75) is 6.92 Å². The second kappa shape index (κ2) is 5.87. The number of para-hydroxylation sites is 1. The summed E-state index contributed by atoms with van der Waals surface area (Å²) in [6.45, 7) is 1.42. The van der Waals surface area contributed by atoms with Crippen molar-refractivity contribution >= 4 is 46.0 Å². The highest BCUT2D eigenvalue weighted by Gasteiger charge is 2.24. The van der Waals surface area contributed by atoms with Crippen molar-refractivity contribution in [3.8, 4) is 0 Å². The molecule has 0 N–H and O–H groups in total. The first-order valence-electron chi connectivity index (χ1n) is 6.31. The molecule has 0 spiro atoms. The zero-order valence-electron chi connectivity index (χ0n) is 11.2. The smallest absolute Gasteiger partial charge is 0.216 e. The molecule has 0 unspecified atom stereocenters. The molecule has 3 rings (SSSR count). The zero-order valence-corrected chi connectivity index (χ0v) is 12.8. The van der Waals surface area contributed by atoms with Crippen LogP contribution in [0.2, 0.25) is 0 Å². The van der Waals surface area contributed by atoms with Crippen LogP contribution in [0.5, 0.6) is 0 Å². The maximum Gasteiger partial charge on any atom is 0.216 e. The summed E-state index contributed by atoms with van der Waals surface area (Å²) < 4.78 is 0.724. The molecule has 104 valence electrons. The van der Waals surface area contributed by atoms with Gasteiger partial charge in [-0.05, 0) is 29.9 Å². The van der Waals surface area contributed by atoms with E-state index in [1.807, 2.05) is 41.1 Å². The van der Waals surface area contributed by atoms with Gasteiger partial charge < -0.3 is 0 Å². The molecule has 2 heterocycles. The Morgan fingerprint density at radius 2 is 1.71 bits per heavy atom. The standard InChI is InChI=1S/C16H11NO2S2/c1-10(18)14(16-20-8-9-21-16)15(19)13-7-6-11-4-2-3-5-12(11)17-13/h2-9H,1H3. The first-order chi connectivity index (χ1) is 10.2. The fraction of sp³-hybridized carbons (Fsp3) is 0.0625. The summed E-state index contributed by atoms with van der Waals surface area (Å²) in [5.41, 5.74) is 1.28. The molecule has 0 fully saturated rings. The molecule has 0 radical (unpaired) electrons. The van der Waals surface area contributed by atoms with Crippen LogP contribution in [0, 0.1) is 0 Å². The highest BCUT2D eigenvalue weighted by molar-refractivity contribution is 8.27. The number of nitrogens with zero attached hydrogens (tertiary/aromatic N) is 1. The molecule has 0 bridgehead atoms. The molecular weight excluding hydrogens is 302 g/mol. The molecule has 0 amide bonds. The normalized spacial score (nSPS) is 13.7. The molecule has 1 aromatic carbocycles. The van der Waals surface area contributed by atoms with E-state index in [4.69, 9.17) is 0 Å².